The zero-order valence-electron chi connectivity index (χ0n) is 13.1. The van der Waals surface area contributed by atoms with Gasteiger partial charge in [-0.3, -0.25) is 14.8 Å². The van der Waals surface area contributed by atoms with E-state index in [2.05, 4.69) is 20.3 Å². The van der Waals surface area contributed by atoms with Crippen molar-refractivity contribution in [1.82, 2.24) is 9.97 Å². The van der Waals surface area contributed by atoms with Crippen LogP contribution in [-0.4, -0.2) is 50.6 Å². The first kappa shape index (κ1) is 20.3. The molecular weight excluding hydrogens is 414 g/mol. The summed E-state index contributed by atoms with van der Waals surface area (Å²) in [5.41, 5.74) is 2.93. The standard InChI is InChI=1S/C18H10Cl2N4OS.Na.H/c19-11-2-1-3-12(20)16(11)23-18-24-17(25)15(26-18)9-10-4-5-13-14(8-10)22-7-6-21-13;;/h1-9H,(H,23,24,25);;. The minimum atomic E-state index is -0.320. The summed E-state index contributed by atoms with van der Waals surface area (Å²) in [5, 5.41) is 4.36. The van der Waals surface area contributed by atoms with E-state index in [-0.39, 0.29) is 35.5 Å². The molecule has 0 saturated heterocycles. The van der Waals surface area contributed by atoms with E-state index in [4.69, 9.17) is 23.2 Å². The van der Waals surface area contributed by atoms with E-state index in [1.807, 2.05) is 18.2 Å². The maximum absolute atomic E-state index is 12.2. The molecule has 1 aliphatic rings. The fourth-order valence-electron chi connectivity index (χ4n) is 2.41. The molecule has 2 aromatic carbocycles. The van der Waals surface area contributed by atoms with Gasteiger partial charge in [0.25, 0.3) is 5.91 Å². The van der Waals surface area contributed by atoms with Crippen molar-refractivity contribution < 1.29 is 4.79 Å². The van der Waals surface area contributed by atoms with Crippen molar-refractivity contribution in [3.05, 3.63) is 69.3 Å². The van der Waals surface area contributed by atoms with Gasteiger partial charge in [0.1, 0.15) is 0 Å². The Morgan fingerprint density at radius 3 is 2.44 bits per heavy atom. The molecule has 0 bridgehead atoms. The van der Waals surface area contributed by atoms with Gasteiger partial charge in [-0.05, 0) is 47.7 Å². The van der Waals surface area contributed by atoms with E-state index in [1.165, 1.54) is 11.8 Å². The van der Waals surface area contributed by atoms with Gasteiger partial charge >= 0.3 is 29.6 Å². The van der Waals surface area contributed by atoms with Crippen LogP contribution < -0.4 is 5.32 Å². The number of hydrogen-bond donors (Lipinski definition) is 1. The summed E-state index contributed by atoms with van der Waals surface area (Å²) in [4.78, 5) is 25.2. The van der Waals surface area contributed by atoms with Gasteiger partial charge in [0.05, 0.1) is 31.7 Å². The third-order valence-corrected chi connectivity index (χ3v) is 5.14. The number of para-hydroxylation sites is 1. The number of benzene rings is 2. The monoisotopic (exact) mass is 424 g/mol. The summed E-state index contributed by atoms with van der Waals surface area (Å²) < 4.78 is 0. The van der Waals surface area contributed by atoms with E-state index >= 15 is 0 Å². The van der Waals surface area contributed by atoms with Crippen molar-refractivity contribution in [1.29, 1.82) is 0 Å². The first-order valence-electron chi connectivity index (χ1n) is 7.54. The molecule has 0 atom stereocenters. The molecule has 3 aromatic rings. The molecule has 0 unspecified atom stereocenters. The Morgan fingerprint density at radius 1 is 1.00 bits per heavy atom. The Labute approximate surface area is 191 Å². The zero-order valence-corrected chi connectivity index (χ0v) is 15.4. The van der Waals surface area contributed by atoms with Crippen LogP contribution in [0.25, 0.3) is 17.1 Å². The van der Waals surface area contributed by atoms with Gasteiger partial charge < -0.3 is 5.32 Å². The molecule has 1 aromatic heterocycles. The Morgan fingerprint density at radius 2 is 1.70 bits per heavy atom. The molecule has 1 N–H and O–H groups in total. The number of fused-ring (bicyclic) bond motifs is 1. The van der Waals surface area contributed by atoms with Crippen molar-refractivity contribution in [3.63, 3.8) is 0 Å². The molecule has 1 aliphatic heterocycles. The normalized spacial score (nSPS) is 15.0. The molecular formula is C18H11Cl2N4NaOS. The number of aliphatic imine (C=N–C) groups is 1. The van der Waals surface area contributed by atoms with Gasteiger partial charge in [0.2, 0.25) is 0 Å². The molecule has 130 valence electrons. The number of nitrogens with zero attached hydrogens (tertiary/aromatic N) is 3. The average Bonchev–Trinajstić information content (AvgIpc) is 2.97. The second-order valence-corrected chi connectivity index (χ2v) is 7.20. The van der Waals surface area contributed by atoms with Crippen molar-refractivity contribution in [2.75, 3.05) is 5.32 Å². The van der Waals surface area contributed by atoms with Gasteiger partial charge in [-0.25, -0.2) is 0 Å². The molecule has 1 amide bonds. The molecule has 5 nitrogen and oxygen atoms in total. The number of amides is 1. The number of nitrogens with one attached hydrogen (secondary N) is 1. The molecule has 0 saturated carbocycles. The number of carbonyl (C=O) groups excluding carboxylic acids is 1. The average molecular weight is 425 g/mol. The second-order valence-electron chi connectivity index (χ2n) is 5.36. The van der Waals surface area contributed by atoms with Gasteiger partial charge in [-0.1, -0.05) is 35.3 Å². The van der Waals surface area contributed by atoms with Crippen molar-refractivity contribution in [3.8, 4) is 0 Å². The fraction of sp³-hybridized carbons (Fsp3) is 0. The number of halogens is 2. The van der Waals surface area contributed by atoms with Crippen LogP contribution in [0.3, 0.4) is 0 Å². The van der Waals surface area contributed by atoms with E-state index < -0.39 is 0 Å². The van der Waals surface area contributed by atoms with Crippen LogP contribution in [0.1, 0.15) is 5.56 Å². The number of amidine groups is 1. The van der Waals surface area contributed by atoms with Crippen LogP contribution >= 0.6 is 35.0 Å². The SMILES string of the molecule is O=C1N=C(Nc2c(Cl)cccc2Cl)SC1=Cc1ccc2nccnc2c1.[NaH]. The third-order valence-electron chi connectivity index (χ3n) is 3.61. The van der Waals surface area contributed by atoms with Crippen molar-refractivity contribution >= 4 is 98.4 Å². The second kappa shape index (κ2) is 8.73. The molecule has 4 rings (SSSR count). The number of anilines is 1. The molecule has 2 heterocycles. The zero-order chi connectivity index (χ0) is 18.1. The summed E-state index contributed by atoms with van der Waals surface area (Å²) >= 11 is 13.5. The molecule has 0 spiro atoms. The van der Waals surface area contributed by atoms with Crippen LogP contribution in [0.5, 0.6) is 0 Å². The first-order chi connectivity index (χ1) is 12.6. The molecule has 0 fully saturated rings. The van der Waals surface area contributed by atoms with E-state index in [9.17, 15) is 4.79 Å². The predicted molar refractivity (Wildman–Crippen MR) is 115 cm³/mol. The van der Waals surface area contributed by atoms with Crippen LogP contribution in [-0.2, 0) is 4.79 Å². The van der Waals surface area contributed by atoms with Gasteiger partial charge in [-0.15, -0.1) is 0 Å². The topological polar surface area (TPSA) is 67.2 Å². The van der Waals surface area contributed by atoms with E-state index in [1.54, 1.807) is 36.7 Å². The van der Waals surface area contributed by atoms with Crippen molar-refractivity contribution in [2.45, 2.75) is 0 Å². The number of rotatable bonds is 2. The Bertz CT molecular complexity index is 1080. The first-order valence-corrected chi connectivity index (χ1v) is 9.12. The summed E-state index contributed by atoms with van der Waals surface area (Å²) in [6.45, 7) is 0. The van der Waals surface area contributed by atoms with Gasteiger partial charge in [0.15, 0.2) is 5.17 Å². The minimum absolute atomic E-state index is 0. The van der Waals surface area contributed by atoms with Crippen LogP contribution in [0.2, 0.25) is 10.0 Å². The van der Waals surface area contributed by atoms with E-state index in [0.717, 1.165) is 16.6 Å². The quantitative estimate of drug-likeness (QED) is 0.488. The number of thioether (sulfide) groups is 1. The van der Waals surface area contributed by atoms with E-state index in [0.29, 0.717) is 25.8 Å². The summed E-state index contributed by atoms with van der Waals surface area (Å²) in [6.07, 6.45) is 5.04. The molecule has 0 aliphatic carbocycles. The van der Waals surface area contributed by atoms with Gasteiger partial charge in [-0.2, -0.15) is 4.99 Å². The van der Waals surface area contributed by atoms with Gasteiger partial charge in [0, 0.05) is 12.4 Å². The summed E-state index contributed by atoms with van der Waals surface area (Å²) in [5.74, 6) is -0.320. The fourth-order valence-corrected chi connectivity index (χ4v) is 3.72. The number of carbonyl (C=O) groups is 1. The summed E-state index contributed by atoms with van der Waals surface area (Å²) in [7, 11) is 0. The number of hydrogen-bond acceptors (Lipinski definition) is 5. The Hall–Kier alpha value is -1.41. The van der Waals surface area contributed by atoms with Crippen LogP contribution in [0.4, 0.5) is 5.69 Å². The maximum atomic E-state index is 12.2. The Kier molecular flexibility index (Phi) is 6.57. The van der Waals surface area contributed by atoms with Crippen molar-refractivity contribution in [2.24, 2.45) is 4.99 Å². The predicted octanol–water partition coefficient (Wildman–Crippen LogP) is 4.37. The summed E-state index contributed by atoms with van der Waals surface area (Å²) in [6, 6.07) is 10.8. The Balaban J connectivity index is 0.00000210. The molecule has 27 heavy (non-hydrogen) atoms. The molecule has 9 heteroatoms. The third kappa shape index (κ3) is 4.54. The van der Waals surface area contributed by atoms with Crippen LogP contribution in [0, 0.1) is 0 Å². The number of aromatic nitrogens is 2. The van der Waals surface area contributed by atoms with Crippen LogP contribution in [0.15, 0.2) is 58.7 Å². The molecule has 0 radical (unpaired) electrons.